The third kappa shape index (κ3) is 3.38. The maximum atomic E-state index is 12.6. The van der Waals surface area contributed by atoms with Crippen LogP contribution in [-0.2, 0) is 24.3 Å². The van der Waals surface area contributed by atoms with E-state index in [4.69, 9.17) is 0 Å². The average Bonchev–Trinajstić information content (AvgIpc) is 3.21. The Hall–Kier alpha value is -2.76. The molecule has 4 rings (SSSR count). The van der Waals surface area contributed by atoms with E-state index in [1.807, 2.05) is 17.3 Å². The lowest BCUT2D eigenvalue weighted by atomic mass is 9.95. The lowest BCUT2D eigenvalue weighted by molar-refractivity contribution is -0.136. The Morgan fingerprint density at radius 3 is 2.80 bits per heavy atom. The molecule has 2 aliphatic rings. The molecule has 3 heterocycles. The highest BCUT2D eigenvalue weighted by Crippen LogP contribution is 2.26. The van der Waals surface area contributed by atoms with Crippen molar-refractivity contribution in [2.24, 2.45) is 5.92 Å². The number of rotatable bonds is 4. The molecule has 6 nitrogen and oxygen atoms in total. The van der Waals surface area contributed by atoms with Gasteiger partial charge in [-0.2, -0.15) is 0 Å². The maximum Gasteiger partial charge on any atom is 0.226 e. The van der Waals surface area contributed by atoms with Gasteiger partial charge >= 0.3 is 0 Å². The monoisotopic (exact) mass is 335 g/mol. The molecule has 6 heteroatoms. The van der Waals surface area contributed by atoms with Gasteiger partial charge in [-0.25, -0.2) is 9.97 Å². The predicted octanol–water partition coefficient (Wildman–Crippen LogP) is 2.33. The fourth-order valence-corrected chi connectivity index (χ4v) is 3.55. The summed E-state index contributed by atoms with van der Waals surface area (Å²) in [7, 11) is 0. The summed E-state index contributed by atoms with van der Waals surface area (Å²) >= 11 is 0. The Morgan fingerprint density at radius 2 is 2.00 bits per heavy atom. The molecule has 0 spiro atoms. The van der Waals surface area contributed by atoms with Crippen molar-refractivity contribution in [2.45, 2.75) is 32.4 Å². The molecule has 2 aromatic rings. The molecule has 0 saturated carbocycles. The average molecular weight is 335 g/mol. The number of pyridine rings is 1. The molecule has 0 bridgehead atoms. The summed E-state index contributed by atoms with van der Waals surface area (Å²) in [6.07, 6.45) is 14.1. The largest absolute Gasteiger partial charge is 0.350 e. The fraction of sp³-hybridized carbons (Fsp3) is 0.368. The maximum absolute atomic E-state index is 12.6. The van der Waals surface area contributed by atoms with Crippen LogP contribution in [0.4, 0.5) is 5.95 Å². The molecule has 0 fully saturated rings. The molecule has 1 N–H and O–H groups in total. The number of carbonyl (C=O) groups is 1. The molecule has 25 heavy (non-hydrogen) atoms. The molecular formula is C19H21N5O. The van der Waals surface area contributed by atoms with Gasteiger partial charge in [0, 0.05) is 50.3 Å². The summed E-state index contributed by atoms with van der Waals surface area (Å²) in [6, 6.07) is 1.79. The van der Waals surface area contributed by atoms with Gasteiger partial charge in [0.1, 0.15) is 0 Å². The van der Waals surface area contributed by atoms with Crippen molar-refractivity contribution in [3.05, 3.63) is 59.7 Å². The van der Waals surface area contributed by atoms with E-state index in [0.717, 1.165) is 36.9 Å². The van der Waals surface area contributed by atoms with Crippen LogP contribution in [0.3, 0.4) is 0 Å². The van der Waals surface area contributed by atoms with Gasteiger partial charge in [-0.05, 0) is 42.0 Å². The normalized spacial score (nSPS) is 16.7. The summed E-state index contributed by atoms with van der Waals surface area (Å²) in [4.78, 5) is 27.4. The summed E-state index contributed by atoms with van der Waals surface area (Å²) in [5, 5.41) is 3.24. The molecule has 0 unspecified atom stereocenters. The van der Waals surface area contributed by atoms with E-state index in [-0.39, 0.29) is 11.8 Å². The minimum atomic E-state index is 0.134. The van der Waals surface area contributed by atoms with Crippen LogP contribution in [0.15, 0.2) is 43.0 Å². The number of allylic oxidation sites excluding steroid dienone is 2. The van der Waals surface area contributed by atoms with Crippen molar-refractivity contribution in [3.63, 3.8) is 0 Å². The van der Waals surface area contributed by atoms with Crippen molar-refractivity contribution in [3.8, 4) is 0 Å². The van der Waals surface area contributed by atoms with E-state index in [1.165, 1.54) is 5.56 Å². The molecule has 0 atom stereocenters. The van der Waals surface area contributed by atoms with Crippen LogP contribution in [0.1, 0.15) is 29.5 Å². The number of hydrogen-bond acceptors (Lipinski definition) is 5. The number of nitrogens with zero attached hydrogens (tertiary/aromatic N) is 4. The zero-order valence-electron chi connectivity index (χ0n) is 14.1. The molecule has 2 aromatic heterocycles. The number of hydrogen-bond donors (Lipinski definition) is 1. The Morgan fingerprint density at radius 1 is 1.20 bits per heavy atom. The molecule has 0 aromatic carbocycles. The zero-order valence-corrected chi connectivity index (χ0v) is 14.1. The van der Waals surface area contributed by atoms with Gasteiger partial charge in [0.25, 0.3) is 0 Å². The second kappa shape index (κ2) is 7.01. The van der Waals surface area contributed by atoms with Crippen molar-refractivity contribution in [2.75, 3.05) is 11.9 Å². The van der Waals surface area contributed by atoms with E-state index >= 15 is 0 Å². The molecule has 1 aliphatic carbocycles. The summed E-state index contributed by atoms with van der Waals surface area (Å²) in [5.74, 6) is 1.02. The first kappa shape index (κ1) is 15.7. The van der Waals surface area contributed by atoms with Crippen molar-refractivity contribution in [1.29, 1.82) is 0 Å². The van der Waals surface area contributed by atoms with Crippen molar-refractivity contribution >= 4 is 11.9 Å². The van der Waals surface area contributed by atoms with E-state index < -0.39 is 0 Å². The second-order valence-electron chi connectivity index (χ2n) is 6.51. The highest BCUT2D eigenvalue weighted by molar-refractivity contribution is 5.80. The van der Waals surface area contributed by atoms with E-state index in [0.29, 0.717) is 19.0 Å². The zero-order chi connectivity index (χ0) is 17.1. The highest BCUT2D eigenvalue weighted by atomic mass is 16.2. The number of carbonyl (C=O) groups excluding carboxylic acids is 1. The van der Waals surface area contributed by atoms with Gasteiger partial charge in [-0.3, -0.25) is 9.78 Å². The molecule has 128 valence electrons. The van der Waals surface area contributed by atoms with Gasteiger partial charge in [0.2, 0.25) is 11.9 Å². The van der Waals surface area contributed by atoms with Crippen molar-refractivity contribution < 1.29 is 4.79 Å². The van der Waals surface area contributed by atoms with E-state index in [1.54, 1.807) is 18.5 Å². The van der Waals surface area contributed by atoms with Crippen LogP contribution >= 0.6 is 0 Å². The lowest BCUT2D eigenvalue weighted by Gasteiger charge is -2.31. The highest BCUT2D eigenvalue weighted by Gasteiger charge is 2.28. The fourth-order valence-electron chi connectivity index (χ4n) is 3.55. The molecular weight excluding hydrogens is 314 g/mol. The number of fused-ring (bicyclic) bond motifs is 1. The smallest absolute Gasteiger partial charge is 0.226 e. The lowest BCUT2D eigenvalue weighted by Crippen LogP contribution is -2.39. The summed E-state index contributed by atoms with van der Waals surface area (Å²) in [6.45, 7) is 2.08. The first-order chi connectivity index (χ1) is 12.3. The number of anilines is 1. The minimum Gasteiger partial charge on any atom is -0.350 e. The third-order valence-corrected chi connectivity index (χ3v) is 4.90. The number of amides is 1. The summed E-state index contributed by atoms with van der Waals surface area (Å²) in [5.41, 5.74) is 3.60. The van der Waals surface area contributed by atoms with Crippen LogP contribution in [0, 0.1) is 5.92 Å². The quantitative estimate of drug-likeness (QED) is 0.869. The minimum absolute atomic E-state index is 0.134. The Labute approximate surface area is 147 Å². The van der Waals surface area contributed by atoms with Crippen LogP contribution in [0.2, 0.25) is 0 Å². The van der Waals surface area contributed by atoms with Crippen LogP contribution in [0.25, 0.3) is 0 Å². The van der Waals surface area contributed by atoms with Gasteiger partial charge in [0.05, 0.1) is 0 Å². The molecule has 0 radical (unpaired) electrons. The number of aromatic nitrogens is 3. The second-order valence-corrected chi connectivity index (χ2v) is 6.51. The standard InChI is InChI=1S/C19H21N5O/c25-18(14-4-1-2-5-14)24-9-6-17-15(10-20-11-16(17)13-24)12-23-19-21-7-3-8-22-19/h1-3,7-8,10-11,14H,4-6,9,12-13H2,(H,21,22,23). The van der Waals surface area contributed by atoms with E-state index in [2.05, 4.69) is 32.4 Å². The molecule has 0 saturated heterocycles. The van der Waals surface area contributed by atoms with Gasteiger partial charge in [0.15, 0.2) is 0 Å². The van der Waals surface area contributed by atoms with Crippen molar-refractivity contribution in [1.82, 2.24) is 19.9 Å². The van der Waals surface area contributed by atoms with E-state index in [9.17, 15) is 4.79 Å². The Bertz CT molecular complexity index is 782. The Balaban J connectivity index is 1.45. The van der Waals surface area contributed by atoms with Crippen LogP contribution in [0.5, 0.6) is 0 Å². The first-order valence-electron chi connectivity index (χ1n) is 8.70. The van der Waals surface area contributed by atoms with Crippen LogP contribution in [-0.4, -0.2) is 32.3 Å². The Kier molecular flexibility index (Phi) is 4.41. The SMILES string of the molecule is O=C(C1CC=CC1)N1CCc2c(CNc3ncccn3)cncc2C1. The molecule has 1 aliphatic heterocycles. The van der Waals surface area contributed by atoms with Gasteiger partial charge < -0.3 is 10.2 Å². The van der Waals surface area contributed by atoms with Crippen LogP contribution < -0.4 is 5.32 Å². The predicted molar refractivity (Wildman–Crippen MR) is 94.6 cm³/mol. The van der Waals surface area contributed by atoms with Gasteiger partial charge in [-0.15, -0.1) is 0 Å². The number of nitrogens with one attached hydrogen (secondary N) is 1. The molecule has 1 amide bonds. The topological polar surface area (TPSA) is 71.0 Å². The van der Waals surface area contributed by atoms with Gasteiger partial charge in [-0.1, -0.05) is 12.2 Å². The summed E-state index contributed by atoms with van der Waals surface area (Å²) < 4.78 is 0. The first-order valence-corrected chi connectivity index (χ1v) is 8.70. The third-order valence-electron chi connectivity index (χ3n) is 4.90.